The van der Waals surface area contributed by atoms with E-state index < -0.39 is 27.9 Å². The minimum Gasteiger partial charge on any atom is -0.465 e. The van der Waals surface area contributed by atoms with E-state index in [0.29, 0.717) is 42.2 Å². The number of hydrogen-bond acceptors (Lipinski definition) is 12. The Bertz CT molecular complexity index is 2240. The van der Waals surface area contributed by atoms with Crippen LogP contribution in [0.15, 0.2) is 90.2 Å². The molecule has 0 aliphatic rings. The Hall–Kier alpha value is -5.65. The number of pyridine rings is 1. The summed E-state index contributed by atoms with van der Waals surface area (Å²) in [6, 6.07) is 18.3. The Morgan fingerprint density at radius 2 is 1.67 bits per heavy atom. The third-order valence-corrected chi connectivity index (χ3v) is 9.79. The van der Waals surface area contributed by atoms with Crippen molar-refractivity contribution >= 4 is 32.8 Å². The van der Waals surface area contributed by atoms with Gasteiger partial charge in [-0.05, 0) is 71.3 Å². The Morgan fingerprint density at radius 3 is 2.38 bits per heavy atom. The lowest BCUT2D eigenvalue weighted by atomic mass is 9.97. The van der Waals surface area contributed by atoms with Gasteiger partial charge in [-0.3, -0.25) is 9.71 Å². The van der Waals surface area contributed by atoms with E-state index in [9.17, 15) is 36.8 Å². The number of alkyl halides is 3. The highest BCUT2D eigenvalue weighted by Crippen LogP contribution is 2.39. The average Bonchev–Trinajstić information content (AvgIpc) is 3.67. The zero-order valence-corrected chi connectivity index (χ0v) is 30.7. The van der Waals surface area contributed by atoms with Crippen LogP contribution in [0.2, 0.25) is 0 Å². The minimum absolute atomic E-state index is 0.0131. The first kappa shape index (κ1) is 40.5. The van der Waals surface area contributed by atoms with Crippen molar-refractivity contribution in [1.82, 2.24) is 19.2 Å². The van der Waals surface area contributed by atoms with E-state index in [-0.39, 0.29) is 59.0 Å². The molecule has 0 aliphatic heterocycles. The van der Waals surface area contributed by atoms with Gasteiger partial charge < -0.3 is 29.0 Å². The fourth-order valence-electron chi connectivity index (χ4n) is 5.07. The number of rotatable bonds is 18. The van der Waals surface area contributed by atoms with Crippen molar-refractivity contribution in [2.45, 2.75) is 17.6 Å². The zero-order valence-electron chi connectivity index (χ0n) is 29.0. The molecule has 0 saturated heterocycles. The largest absolute Gasteiger partial charge is 0.465 e. The number of amides is 1. The average molecular weight is 799 g/mol. The number of benzene rings is 3. The van der Waals surface area contributed by atoms with Crippen molar-refractivity contribution in [2.75, 3.05) is 51.4 Å². The number of sulfonamides is 1. The van der Waals surface area contributed by atoms with Gasteiger partial charge in [0.05, 0.1) is 61.3 Å². The number of ether oxygens (including phenoxy) is 4. The number of nitrogens with one attached hydrogen (secondary N) is 1. The van der Waals surface area contributed by atoms with Crippen LogP contribution < -0.4 is 9.46 Å². The normalized spacial score (nSPS) is 11.5. The molecule has 5 aromatic rings. The third kappa shape index (κ3) is 11.2. The molecule has 19 heteroatoms. The molecule has 2 N–H and O–H groups in total. The van der Waals surface area contributed by atoms with E-state index in [1.54, 1.807) is 31.4 Å². The van der Waals surface area contributed by atoms with E-state index in [2.05, 4.69) is 19.1 Å². The van der Waals surface area contributed by atoms with Gasteiger partial charge in [-0.1, -0.05) is 18.2 Å². The van der Waals surface area contributed by atoms with Gasteiger partial charge in [-0.25, -0.2) is 18.2 Å². The van der Waals surface area contributed by atoms with Crippen LogP contribution in [0.4, 0.5) is 23.1 Å². The smallest absolute Gasteiger partial charge is 0.416 e. The molecular weight excluding hydrogens is 766 g/mol. The van der Waals surface area contributed by atoms with Gasteiger partial charge in [0, 0.05) is 36.9 Å². The van der Waals surface area contributed by atoms with Crippen molar-refractivity contribution < 1.29 is 50.4 Å². The third-order valence-electron chi connectivity index (χ3n) is 7.75. The summed E-state index contributed by atoms with van der Waals surface area (Å²) < 4.78 is 94.8. The van der Waals surface area contributed by atoms with Crippen LogP contribution in [-0.2, 0) is 37.0 Å². The summed E-state index contributed by atoms with van der Waals surface area (Å²) in [7, 11) is -2.58. The molecule has 0 radical (unpaired) electrons. The molecule has 0 fully saturated rings. The quantitative estimate of drug-likeness (QED) is 0.0874. The number of aromatic nitrogens is 3. The molecule has 1 amide bonds. The summed E-state index contributed by atoms with van der Waals surface area (Å²) in [6.45, 7) is 1.40. The number of nitriles is 1. The highest BCUT2D eigenvalue weighted by molar-refractivity contribution is 7.93. The molecule has 14 nitrogen and oxygen atoms in total. The van der Waals surface area contributed by atoms with Crippen molar-refractivity contribution in [2.24, 2.45) is 0 Å². The fraction of sp³-hybridized carbons (Fsp3) is 0.250. The van der Waals surface area contributed by atoms with Crippen molar-refractivity contribution in [1.29, 1.82) is 5.26 Å². The molecule has 0 atom stereocenters. The topological polar surface area (TPSA) is 186 Å². The van der Waals surface area contributed by atoms with Crippen molar-refractivity contribution in [3.63, 3.8) is 0 Å². The Morgan fingerprint density at radius 1 is 0.927 bits per heavy atom. The van der Waals surface area contributed by atoms with Crippen LogP contribution in [0.3, 0.4) is 0 Å². The molecule has 0 aliphatic carbocycles. The lowest BCUT2D eigenvalue weighted by Crippen LogP contribution is -2.32. The number of carbonyl (C=O) groups is 1. The number of halogens is 3. The molecule has 0 bridgehead atoms. The Balaban J connectivity index is 1.45. The van der Waals surface area contributed by atoms with Gasteiger partial charge in [-0.2, -0.15) is 22.8 Å². The number of methoxy groups -OCH3 is 1. The maximum Gasteiger partial charge on any atom is 0.416 e. The van der Waals surface area contributed by atoms with Crippen molar-refractivity contribution in [3.05, 3.63) is 102 Å². The first-order chi connectivity index (χ1) is 26.4. The van der Waals surface area contributed by atoms with E-state index in [4.69, 9.17) is 18.9 Å². The van der Waals surface area contributed by atoms with Crippen LogP contribution in [0, 0.1) is 11.3 Å². The van der Waals surface area contributed by atoms with Gasteiger partial charge in [0.25, 0.3) is 10.0 Å². The minimum atomic E-state index is -4.58. The maximum atomic E-state index is 13.6. The Labute approximate surface area is 317 Å². The monoisotopic (exact) mass is 798 g/mol. The predicted molar refractivity (Wildman–Crippen MR) is 194 cm³/mol. The molecule has 2 heterocycles. The van der Waals surface area contributed by atoms with Gasteiger partial charge in [-0.15, -0.1) is 0 Å². The maximum absolute atomic E-state index is 13.6. The van der Waals surface area contributed by atoms with Crippen LogP contribution in [-0.4, -0.2) is 85.5 Å². The standard InChI is InChI=1S/C36H33F3N6O8S2/c1-50-13-14-52-16-15-51-12-11-45(35(46)47)22-29-18-26(9-10-41-29)31-20-25(24-3-2-4-28(17-24)36(37,38)39)5-7-33(31)53-32-8-6-30(19-27(32)21-40)55(48,49)44-34-42-23-43-54-34/h2-10,17-20,23H,11-16,22H2,1H3,(H,46,47)(H,42,43,44). The highest BCUT2D eigenvalue weighted by Gasteiger charge is 2.30. The Kier molecular flexibility index (Phi) is 13.7. The molecular formula is C36H33F3N6O8S2. The molecule has 5 rings (SSSR count). The van der Waals surface area contributed by atoms with Crippen LogP contribution in [0.25, 0.3) is 22.3 Å². The van der Waals surface area contributed by atoms with Crippen LogP contribution in [0.1, 0.15) is 16.8 Å². The zero-order chi connectivity index (χ0) is 39.4. The van der Waals surface area contributed by atoms with Gasteiger partial charge in [0.1, 0.15) is 23.9 Å². The lowest BCUT2D eigenvalue weighted by Gasteiger charge is -2.20. The molecule has 0 unspecified atom stereocenters. The summed E-state index contributed by atoms with van der Waals surface area (Å²) >= 11 is 0.827. The number of carboxylic acid groups (broad SMARTS) is 1. The number of nitrogens with zero attached hydrogens (tertiary/aromatic N) is 5. The van der Waals surface area contributed by atoms with Crippen LogP contribution >= 0.6 is 11.5 Å². The molecule has 0 saturated carbocycles. The second-order valence-electron chi connectivity index (χ2n) is 11.5. The van der Waals surface area contributed by atoms with E-state index in [1.807, 2.05) is 6.07 Å². The fourth-order valence-corrected chi connectivity index (χ4v) is 6.76. The highest BCUT2D eigenvalue weighted by atomic mass is 32.2. The number of anilines is 1. The summed E-state index contributed by atoms with van der Waals surface area (Å²) in [4.78, 5) is 21.1. The van der Waals surface area contributed by atoms with E-state index in [1.165, 1.54) is 42.9 Å². The van der Waals surface area contributed by atoms with Gasteiger partial charge in [0.2, 0.25) is 5.13 Å². The molecule has 3 aromatic carbocycles. The van der Waals surface area contributed by atoms with Crippen LogP contribution in [0.5, 0.6) is 11.5 Å². The van der Waals surface area contributed by atoms with E-state index in [0.717, 1.165) is 34.6 Å². The summed E-state index contributed by atoms with van der Waals surface area (Å²) in [5.41, 5.74) is 0.833. The van der Waals surface area contributed by atoms with Gasteiger partial charge >= 0.3 is 12.3 Å². The summed E-state index contributed by atoms with van der Waals surface area (Å²) in [5, 5.41) is 19.9. The second-order valence-corrected chi connectivity index (χ2v) is 13.9. The number of hydrogen-bond donors (Lipinski definition) is 2. The second kappa shape index (κ2) is 18.6. The SMILES string of the molecule is COCCOCCOCCN(Cc1cc(-c2cc(-c3cccc(C(F)(F)F)c3)ccc2Oc2ccc(S(=O)(=O)Nc3ncns3)cc2C#N)ccn1)C(=O)O. The predicted octanol–water partition coefficient (Wildman–Crippen LogP) is 6.91. The molecule has 288 valence electrons. The molecule has 2 aromatic heterocycles. The summed E-state index contributed by atoms with van der Waals surface area (Å²) in [5.74, 6) is 0.143. The lowest BCUT2D eigenvalue weighted by molar-refractivity contribution is -0.137. The summed E-state index contributed by atoms with van der Waals surface area (Å²) in [6.07, 6.45) is -3.16. The first-order valence-electron chi connectivity index (χ1n) is 16.3. The van der Waals surface area contributed by atoms with Gasteiger partial charge in [0.15, 0.2) is 0 Å². The van der Waals surface area contributed by atoms with Crippen molar-refractivity contribution in [3.8, 4) is 39.8 Å². The molecule has 55 heavy (non-hydrogen) atoms. The first-order valence-corrected chi connectivity index (χ1v) is 18.5. The molecule has 0 spiro atoms. The van der Waals surface area contributed by atoms with E-state index >= 15 is 0 Å².